The second kappa shape index (κ2) is 4.47. The molecule has 3 aromatic heterocycles. The van der Waals surface area contributed by atoms with Crippen LogP contribution in [-0.2, 0) is 0 Å². The highest BCUT2D eigenvalue weighted by Gasteiger charge is 2.16. The van der Waals surface area contributed by atoms with Gasteiger partial charge in [0.15, 0.2) is 16.6 Å². The Morgan fingerprint density at radius 1 is 1.32 bits per heavy atom. The quantitative estimate of drug-likeness (QED) is 0.728. The van der Waals surface area contributed by atoms with Crippen molar-refractivity contribution in [2.45, 2.75) is 13.8 Å². The van der Waals surface area contributed by atoms with Crippen LogP contribution in [0.25, 0.3) is 16.3 Å². The SMILES string of the molecule is COc1csc(-c2nnc3c(Cl)nc(C)c(C)n23)c1. The predicted molar refractivity (Wildman–Crippen MR) is 75.1 cm³/mol. The van der Waals surface area contributed by atoms with Gasteiger partial charge in [-0.05, 0) is 13.8 Å². The minimum atomic E-state index is 0.366. The Labute approximate surface area is 118 Å². The molecule has 19 heavy (non-hydrogen) atoms. The van der Waals surface area contributed by atoms with E-state index in [1.807, 2.05) is 29.7 Å². The van der Waals surface area contributed by atoms with Crippen molar-refractivity contribution in [1.29, 1.82) is 0 Å². The Balaban J connectivity index is 2.30. The molecular weight excluding hydrogens is 284 g/mol. The highest BCUT2D eigenvalue weighted by molar-refractivity contribution is 7.13. The summed E-state index contributed by atoms with van der Waals surface area (Å²) in [5, 5.41) is 10.6. The molecular formula is C12H11ClN4OS. The molecule has 0 bridgehead atoms. The van der Waals surface area contributed by atoms with Gasteiger partial charge in [-0.1, -0.05) is 11.6 Å². The molecule has 5 nitrogen and oxygen atoms in total. The first-order valence-corrected chi connectivity index (χ1v) is 6.88. The number of hydrogen-bond acceptors (Lipinski definition) is 5. The van der Waals surface area contributed by atoms with Crippen LogP contribution in [0.5, 0.6) is 5.75 Å². The largest absolute Gasteiger partial charge is 0.496 e. The zero-order chi connectivity index (χ0) is 13.6. The van der Waals surface area contributed by atoms with E-state index >= 15 is 0 Å². The van der Waals surface area contributed by atoms with Crippen LogP contribution in [0.4, 0.5) is 0 Å². The average Bonchev–Trinajstić information content (AvgIpc) is 3.02. The molecule has 0 aliphatic rings. The van der Waals surface area contributed by atoms with Crippen LogP contribution in [0, 0.1) is 13.8 Å². The van der Waals surface area contributed by atoms with Crippen LogP contribution in [-0.4, -0.2) is 26.7 Å². The minimum absolute atomic E-state index is 0.366. The number of hydrogen-bond donors (Lipinski definition) is 0. The van der Waals surface area contributed by atoms with E-state index in [0.717, 1.165) is 27.8 Å². The number of rotatable bonds is 2. The molecule has 0 unspecified atom stereocenters. The van der Waals surface area contributed by atoms with Crippen LogP contribution in [0.15, 0.2) is 11.4 Å². The molecule has 0 saturated heterocycles. The lowest BCUT2D eigenvalue weighted by atomic mass is 10.3. The fourth-order valence-corrected chi connectivity index (χ4v) is 2.96. The lowest BCUT2D eigenvalue weighted by Gasteiger charge is -2.05. The molecule has 0 saturated carbocycles. The lowest BCUT2D eigenvalue weighted by molar-refractivity contribution is 0.417. The molecule has 0 fully saturated rings. The first-order chi connectivity index (χ1) is 9.11. The summed E-state index contributed by atoms with van der Waals surface area (Å²) in [6.07, 6.45) is 0. The summed E-state index contributed by atoms with van der Waals surface area (Å²) in [6.45, 7) is 3.89. The summed E-state index contributed by atoms with van der Waals surface area (Å²) in [5.74, 6) is 1.57. The van der Waals surface area contributed by atoms with Gasteiger partial charge < -0.3 is 4.74 Å². The Kier molecular flexibility index (Phi) is 2.91. The van der Waals surface area contributed by atoms with Gasteiger partial charge in [-0.2, -0.15) is 0 Å². The molecule has 7 heteroatoms. The second-order valence-electron chi connectivity index (χ2n) is 4.11. The fraction of sp³-hybridized carbons (Fsp3) is 0.250. The van der Waals surface area contributed by atoms with Crippen molar-refractivity contribution in [3.8, 4) is 16.5 Å². The molecule has 3 rings (SSSR count). The van der Waals surface area contributed by atoms with E-state index in [9.17, 15) is 0 Å². The van der Waals surface area contributed by atoms with Crippen LogP contribution in [0.2, 0.25) is 5.15 Å². The van der Waals surface area contributed by atoms with Crippen molar-refractivity contribution in [3.05, 3.63) is 28.0 Å². The third-order valence-electron chi connectivity index (χ3n) is 3.00. The molecule has 98 valence electrons. The van der Waals surface area contributed by atoms with Crippen molar-refractivity contribution in [3.63, 3.8) is 0 Å². The predicted octanol–water partition coefficient (Wildman–Crippen LogP) is 3.13. The van der Waals surface area contributed by atoms with Crippen LogP contribution >= 0.6 is 22.9 Å². The number of fused-ring (bicyclic) bond motifs is 1. The molecule has 0 spiro atoms. The maximum absolute atomic E-state index is 6.11. The van der Waals surface area contributed by atoms with Gasteiger partial charge in [0.25, 0.3) is 0 Å². The summed E-state index contributed by atoms with van der Waals surface area (Å²) in [6, 6.07) is 1.93. The Morgan fingerprint density at radius 3 is 2.79 bits per heavy atom. The zero-order valence-electron chi connectivity index (χ0n) is 10.6. The summed E-state index contributed by atoms with van der Waals surface area (Å²) in [4.78, 5) is 5.23. The fourth-order valence-electron chi connectivity index (χ4n) is 1.88. The van der Waals surface area contributed by atoms with E-state index in [1.54, 1.807) is 18.4 Å². The van der Waals surface area contributed by atoms with Crippen molar-refractivity contribution in [1.82, 2.24) is 19.6 Å². The molecule has 0 amide bonds. The summed E-state index contributed by atoms with van der Waals surface area (Å²) in [7, 11) is 1.64. The monoisotopic (exact) mass is 294 g/mol. The van der Waals surface area contributed by atoms with Gasteiger partial charge in [-0.3, -0.25) is 4.40 Å². The molecule has 3 aromatic rings. The topological polar surface area (TPSA) is 52.3 Å². The highest BCUT2D eigenvalue weighted by atomic mass is 35.5. The standard InChI is InChI=1S/C12H11ClN4OS/c1-6-7(2)17-11(9-4-8(18-3)5-19-9)15-16-12(17)10(13)14-6/h4-5H,1-3H3. The van der Waals surface area contributed by atoms with Crippen molar-refractivity contribution in [2.24, 2.45) is 0 Å². The Bertz CT molecular complexity index is 765. The van der Waals surface area contributed by atoms with E-state index in [2.05, 4.69) is 15.2 Å². The van der Waals surface area contributed by atoms with Crippen LogP contribution in [0.3, 0.4) is 0 Å². The Morgan fingerprint density at radius 2 is 2.11 bits per heavy atom. The second-order valence-corrected chi connectivity index (χ2v) is 5.38. The van der Waals surface area contributed by atoms with Gasteiger partial charge in [0.1, 0.15) is 5.75 Å². The minimum Gasteiger partial charge on any atom is -0.496 e. The zero-order valence-corrected chi connectivity index (χ0v) is 12.2. The van der Waals surface area contributed by atoms with Gasteiger partial charge in [-0.15, -0.1) is 21.5 Å². The summed E-state index contributed by atoms with van der Waals surface area (Å²) >= 11 is 7.67. The van der Waals surface area contributed by atoms with E-state index in [0.29, 0.717) is 10.8 Å². The van der Waals surface area contributed by atoms with Crippen molar-refractivity contribution < 1.29 is 4.74 Å². The molecule has 0 aliphatic heterocycles. The summed E-state index contributed by atoms with van der Waals surface area (Å²) in [5.41, 5.74) is 2.42. The van der Waals surface area contributed by atoms with E-state index in [-0.39, 0.29) is 0 Å². The van der Waals surface area contributed by atoms with E-state index in [4.69, 9.17) is 16.3 Å². The number of nitrogens with zero attached hydrogens (tertiary/aromatic N) is 4. The maximum atomic E-state index is 6.11. The number of methoxy groups -OCH3 is 1. The molecule has 0 aromatic carbocycles. The van der Waals surface area contributed by atoms with Crippen LogP contribution in [0.1, 0.15) is 11.4 Å². The van der Waals surface area contributed by atoms with E-state index < -0.39 is 0 Å². The third-order valence-corrected chi connectivity index (χ3v) is 4.16. The maximum Gasteiger partial charge on any atom is 0.199 e. The molecule has 3 heterocycles. The molecule has 0 aliphatic carbocycles. The molecule has 0 N–H and O–H groups in total. The van der Waals surface area contributed by atoms with Gasteiger partial charge >= 0.3 is 0 Å². The van der Waals surface area contributed by atoms with Gasteiger partial charge in [0, 0.05) is 17.1 Å². The highest BCUT2D eigenvalue weighted by Crippen LogP contribution is 2.31. The lowest BCUT2D eigenvalue weighted by Crippen LogP contribution is -2.00. The van der Waals surface area contributed by atoms with Gasteiger partial charge in [0.05, 0.1) is 17.7 Å². The number of aromatic nitrogens is 4. The first-order valence-electron chi connectivity index (χ1n) is 5.62. The summed E-state index contributed by atoms with van der Waals surface area (Å²) < 4.78 is 7.12. The number of aryl methyl sites for hydroxylation is 2. The van der Waals surface area contributed by atoms with Crippen LogP contribution < -0.4 is 4.74 Å². The smallest absolute Gasteiger partial charge is 0.199 e. The van der Waals surface area contributed by atoms with Gasteiger partial charge in [-0.25, -0.2) is 4.98 Å². The Hall–Kier alpha value is -1.66. The normalized spacial score (nSPS) is 11.2. The average molecular weight is 295 g/mol. The third kappa shape index (κ3) is 1.87. The molecule has 0 radical (unpaired) electrons. The number of thiophene rings is 1. The number of halogens is 1. The number of ether oxygens (including phenoxy) is 1. The van der Waals surface area contributed by atoms with E-state index in [1.165, 1.54) is 0 Å². The first kappa shape index (κ1) is 12.4. The van der Waals surface area contributed by atoms with Crippen molar-refractivity contribution in [2.75, 3.05) is 7.11 Å². The molecule has 0 atom stereocenters. The van der Waals surface area contributed by atoms with Gasteiger partial charge in [0.2, 0.25) is 0 Å². The van der Waals surface area contributed by atoms with Crippen molar-refractivity contribution >= 4 is 28.6 Å².